The fraction of sp³-hybridized carbons (Fsp3) is 0.0870. The smallest absolute Gasteiger partial charge is 0.274 e. The van der Waals surface area contributed by atoms with Gasteiger partial charge in [0.2, 0.25) is 0 Å². The minimum absolute atomic E-state index is 0.280. The molecule has 0 aliphatic rings. The number of amides is 1. The Morgan fingerprint density at radius 3 is 2.65 bits per heavy atom. The van der Waals surface area contributed by atoms with Crippen molar-refractivity contribution in [3.05, 3.63) is 84.8 Å². The highest BCUT2D eigenvalue weighted by atomic mass is 16.2. The zero-order valence-electron chi connectivity index (χ0n) is 17.0. The zero-order valence-corrected chi connectivity index (χ0v) is 17.0. The van der Waals surface area contributed by atoms with Crippen molar-refractivity contribution in [3.8, 4) is 22.5 Å². The van der Waals surface area contributed by atoms with Crippen LogP contribution in [0.3, 0.4) is 0 Å². The van der Waals surface area contributed by atoms with Gasteiger partial charge in [-0.2, -0.15) is 5.10 Å². The van der Waals surface area contributed by atoms with Gasteiger partial charge < -0.3 is 9.72 Å². The molecule has 0 saturated heterocycles. The van der Waals surface area contributed by atoms with Gasteiger partial charge in [-0.25, -0.2) is 9.97 Å². The monoisotopic (exact) mass is 409 g/mol. The molecule has 152 valence electrons. The molecule has 0 aliphatic heterocycles. The number of carbonyl (C=O) groups excluding carboxylic acids is 1. The highest BCUT2D eigenvalue weighted by molar-refractivity contribution is 6.07. The van der Waals surface area contributed by atoms with E-state index >= 15 is 0 Å². The molecule has 4 heterocycles. The molecule has 0 aliphatic carbocycles. The Bertz CT molecular complexity index is 1400. The molecule has 8 heteroatoms. The van der Waals surface area contributed by atoms with Crippen LogP contribution in [0.5, 0.6) is 0 Å². The second kappa shape index (κ2) is 7.49. The Morgan fingerprint density at radius 2 is 1.84 bits per heavy atom. The standard InChI is InChI=1S/C23H19N7O/c1-15-11-24-13-19(26-15)18-12-25-29(2)22(18)23(31)27-17-8-9-30-14-20(28-21(30)10-17)16-6-4-3-5-7-16/h3-14H,1-2H3,(H,27,31). The van der Waals surface area contributed by atoms with Crippen LogP contribution in [-0.4, -0.2) is 35.0 Å². The number of aryl methyl sites for hydroxylation is 2. The summed E-state index contributed by atoms with van der Waals surface area (Å²) in [5.74, 6) is -0.280. The first-order valence-electron chi connectivity index (χ1n) is 9.75. The first-order chi connectivity index (χ1) is 15.1. The fourth-order valence-electron chi connectivity index (χ4n) is 3.49. The maximum Gasteiger partial charge on any atom is 0.274 e. The molecular weight excluding hydrogens is 390 g/mol. The topological polar surface area (TPSA) is 90.0 Å². The number of nitrogens with one attached hydrogen (secondary N) is 1. The van der Waals surface area contributed by atoms with Crippen molar-refractivity contribution in [3.63, 3.8) is 0 Å². The van der Waals surface area contributed by atoms with Gasteiger partial charge in [-0.05, 0) is 13.0 Å². The molecule has 8 nitrogen and oxygen atoms in total. The predicted octanol–water partition coefficient (Wildman–Crippen LogP) is 3.75. The van der Waals surface area contributed by atoms with Crippen molar-refractivity contribution in [2.75, 3.05) is 5.32 Å². The normalized spacial score (nSPS) is 11.0. The summed E-state index contributed by atoms with van der Waals surface area (Å²) in [7, 11) is 1.73. The maximum atomic E-state index is 13.1. The number of fused-ring (bicyclic) bond motifs is 1. The van der Waals surface area contributed by atoms with Gasteiger partial charge in [-0.15, -0.1) is 0 Å². The molecule has 0 bridgehead atoms. The van der Waals surface area contributed by atoms with E-state index in [4.69, 9.17) is 0 Å². The number of pyridine rings is 1. The Morgan fingerprint density at radius 1 is 1.00 bits per heavy atom. The number of benzene rings is 1. The number of aromatic nitrogens is 6. The molecule has 5 aromatic rings. The summed E-state index contributed by atoms with van der Waals surface area (Å²) < 4.78 is 3.46. The first kappa shape index (κ1) is 18.7. The summed E-state index contributed by atoms with van der Waals surface area (Å²) in [6, 6.07) is 13.6. The van der Waals surface area contributed by atoms with Crippen LogP contribution in [-0.2, 0) is 7.05 Å². The molecule has 0 spiro atoms. The van der Waals surface area contributed by atoms with E-state index in [-0.39, 0.29) is 5.91 Å². The Kier molecular flexibility index (Phi) is 4.51. The van der Waals surface area contributed by atoms with Gasteiger partial charge in [0.15, 0.2) is 0 Å². The molecule has 5 rings (SSSR count). The number of carbonyl (C=O) groups is 1. The lowest BCUT2D eigenvalue weighted by molar-refractivity contribution is 0.101. The summed E-state index contributed by atoms with van der Waals surface area (Å²) in [6.07, 6.45) is 8.76. The van der Waals surface area contributed by atoms with Gasteiger partial charge in [-0.1, -0.05) is 30.3 Å². The second-order valence-electron chi connectivity index (χ2n) is 7.20. The van der Waals surface area contributed by atoms with Crippen molar-refractivity contribution >= 4 is 17.2 Å². The van der Waals surface area contributed by atoms with E-state index in [0.717, 1.165) is 22.6 Å². The van der Waals surface area contributed by atoms with Gasteiger partial charge in [0.25, 0.3) is 5.91 Å². The Labute approximate surface area is 178 Å². The number of rotatable bonds is 4. The number of nitrogens with zero attached hydrogens (tertiary/aromatic N) is 6. The van der Waals surface area contributed by atoms with E-state index in [2.05, 4.69) is 25.4 Å². The van der Waals surface area contributed by atoms with Crippen LogP contribution in [0.4, 0.5) is 5.69 Å². The van der Waals surface area contributed by atoms with E-state index in [0.29, 0.717) is 22.6 Å². The molecule has 4 aromatic heterocycles. The third-order valence-corrected chi connectivity index (χ3v) is 4.97. The van der Waals surface area contributed by atoms with E-state index in [9.17, 15) is 4.79 Å². The molecule has 0 radical (unpaired) electrons. The molecule has 1 N–H and O–H groups in total. The van der Waals surface area contributed by atoms with Crippen LogP contribution in [0, 0.1) is 6.92 Å². The first-order valence-corrected chi connectivity index (χ1v) is 9.75. The Balaban J connectivity index is 1.45. The summed E-state index contributed by atoms with van der Waals surface area (Å²) >= 11 is 0. The molecule has 0 fully saturated rings. The summed E-state index contributed by atoms with van der Waals surface area (Å²) in [6.45, 7) is 1.86. The second-order valence-corrected chi connectivity index (χ2v) is 7.20. The zero-order chi connectivity index (χ0) is 21.4. The molecule has 0 unspecified atom stereocenters. The molecule has 1 aromatic carbocycles. The highest BCUT2D eigenvalue weighted by Gasteiger charge is 2.20. The average Bonchev–Trinajstić information content (AvgIpc) is 3.37. The third kappa shape index (κ3) is 3.55. The van der Waals surface area contributed by atoms with E-state index in [1.54, 1.807) is 25.6 Å². The average molecular weight is 409 g/mol. The SMILES string of the molecule is Cc1cncc(-c2cnn(C)c2C(=O)Nc2ccn3cc(-c4ccccc4)nc3c2)n1. The van der Waals surface area contributed by atoms with E-state index in [1.165, 1.54) is 4.68 Å². The molecular formula is C23H19N7O. The van der Waals surface area contributed by atoms with Gasteiger partial charge in [-0.3, -0.25) is 14.5 Å². The van der Waals surface area contributed by atoms with Crippen molar-refractivity contribution in [1.29, 1.82) is 0 Å². The molecule has 0 saturated carbocycles. The van der Waals surface area contributed by atoms with Gasteiger partial charge in [0, 0.05) is 43.0 Å². The van der Waals surface area contributed by atoms with Crippen molar-refractivity contribution in [2.45, 2.75) is 6.92 Å². The molecule has 0 atom stereocenters. The van der Waals surface area contributed by atoms with Crippen LogP contribution >= 0.6 is 0 Å². The van der Waals surface area contributed by atoms with Crippen molar-refractivity contribution < 1.29 is 4.79 Å². The minimum atomic E-state index is -0.280. The summed E-state index contributed by atoms with van der Waals surface area (Å²) in [4.78, 5) is 26.4. The minimum Gasteiger partial charge on any atom is -0.320 e. The highest BCUT2D eigenvalue weighted by Crippen LogP contribution is 2.24. The molecule has 31 heavy (non-hydrogen) atoms. The summed E-state index contributed by atoms with van der Waals surface area (Å²) in [5, 5.41) is 7.19. The van der Waals surface area contributed by atoms with Gasteiger partial charge in [0.05, 0.1) is 35.0 Å². The number of imidazole rings is 1. The number of hydrogen-bond donors (Lipinski definition) is 1. The van der Waals surface area contributed by atoms with Crippen LogP contribution in [0.2, 0.25) is 0 Å². The molecule has 1 amide bonds. The van der Waals surface area contributed by atoms with E-state index < -0.39 is 0 Å². The summed E-state index contributed by atoms with van der Waals surface area (Å²) in [5.41, 5.74) is 5.71. The van der Waals surface area contributed by atoms with E-state index in [1.807, 2.05) is 66.2 Å². The van der Waals surface area contributed by atoms with Crippen LogP contribution in [0.1, 0.15) is 16.2 Å². The lowest BCUT2D eigenvalue weighted by Gasteiger charge is -2.08. The van der Waals surface area contributed by atoms with Crippen LogP contribution < -0.4 is 5.32 Å². The number of hydrogen-bond acceptors (Lipinski definition) is 5. The van der Waals surface area contributed by atoms with Crippen LogP contribution in [0.15, 0.2) is 73.4 Å². The van der Waals surface area contributed by atoms with Crippen LogP contribution in [0.25, 0.3) is 28.2 Å². The fourth-order valence-corrected chi connectivity index (χ4v) is 3.49. The lowest BCUT2D eigenvalue weighted by atomic mass is 10.1. The van der Waals surface area contributed by atoms with Crippen molar-refractivity contribution in [2.24, 2.45) is 7.05 Å². The third-order valence-electron chi connectivity index (χ3n) is 4.97. The lowest BCUT2D eigenvalue weighted by Crippen LogP contribution is -2.17. The van der Waals surface area contributed by atoms with Crippen molar-refractivity contribution in [1.82, 2.24) is 29.1 Å². The quantitative estimate of drug-likeness (QED) is 0.488. The largest absolute Gasteiger partial charge is 0.320 e. The van der Waals surface area contributed by atoms with Gasteiger partial charge in [0.1, 0.15) is 11.3 Å². The predicted molar refractivity (Wildman–Crippen MR) is 118 cm³/mol. The number of anilines is 1. The Hall–Kier alpha value is -4.33. The maximum absolute atomic E-state index is 13.1. The van der Waals surface area contributed by atoms with Gasteiger partial charge >= 0.3 is 0 Å².